The van der Waals surface area contributed by atoms with Gasteiger partial charge in [0, 0.05) is 17.5 Å². The Labute approximate surface area is 91.1 Å². The molecular weight excluding hydrogens is 198 g/mol. The second kappa shape index (κ2) is 4.21. The first kappa shape index (κ1) is 12.0. The zero-order chi connectivity index (χ0) is 10.8. The minimum atomic E-state index is -0.326. The molecule has 0 radical (unpaired) electrons. The van der Waals surface area contributed by atoms with Crippen molar-refractivity contribution in [2.75, 3.05) is 6.54 Å². The van der Waals surface area contributed by atoms with Crippen molar-refractivity contribution in [3.05, 3.63) is 11.6 Å². The summed E-state index contributed by atoms with van der Waals surface area (Å²) in [4.78, 5) is 0. The summed E-state index contributed by atoms with van der Waals surface area (Å²) >= 11 is 5.51. The van der Waals surface area contributed by atoms with Crippen molar-refractivity contribution >= 4 is 11.6 Å². The maximum Gasteiger partial charge on any atom is 0.0662 e. The van der Waals surface area contributed by atoms with E-state index in [1.54, 1.807) is 0 Å². The summed E-state index contributed by atoms with van der Waals surface area (Å²) in [6, 6.07) is 0. The van der Waals surface area contributed by atoms with E-state index in [2.05, 4.69) is 13.8 Å². The van der Waals surface area contributed by atoms with Gasteiger partial charge in [-0.15, -0.1) is 0 Å². The zero-order valence-electron chi connectivity index (χ0n) is 8.96. The molecule has 1 rings (SSSR count). The largest absolute Gasteiger partial charge is 0.392 e. The highest BCUT2D eigenvalue weighted by atomic mass is 35.5. The molecule has 1 aliphatic carbocycles. The minimum absolute atomic E-state index is 0.0144. The molecule has 0 aromatic carbocycles. The van der Waals surface area contributed by atoms with E-state index in [0.29, 0.717) is 6.54 Å². The van der Waals surface area contributed by atoms with Crippen molar-refractivity contribution in [1.29, 1.82) is 0 Å². The fraction of sp³-hybridized carbons (Fsp3) is 0.818. The van der Waals surface area contributed by atoms with Gasteiger partial charge in [-0.1, -0.05) is 31.5 Å². The maximum absolute atomic E-state index is 10.2. The van der Waals surface area contributed by atoms with Crippen LogP contribution in [0.4, 0.5) is 0 Å². The summed E-state index contributed by atoms with van der Waals surface area (Å²) in [5.74, 6) is 0. The standard InChI is InChI=1S/C11H20ClNO/c1-10(2)5-6-11(8-13,9(10)14)4-3-7-12/h3,7,9,14H,4-6,8,13H2,1-2H3/b7-3+. The highest BCUT2D eigenvalue weighted by molar-refractivity contribution is 6.25. The Morgan fingerprint density at radius 1 is 1.50 bits per heavy atom. The number of aliphatic hydroxyl groups excluding tert-OH is 1. The van der Waals surface area contributed by atoms with Gasteiger partial charge >= 0.3 is 0 Å². The quantitative estimate of drug-likeness (QED) is 0.762. The van der Waals surface area contributed by atoms with Gasteiger partial charge in [0.05, 0.1) is 6.10 Å². The van der Waals surface area contributed by atoms with E-state index < -0.39 is 0 Å². The normalized spacial score (nSPS) is 36.8. The molecule has 0 spiro atoms. The molecule has 0 aliphatic heterocycles. The molecule has 0 heterocycles. The van der Waals surface area contributed by atoms with Gasteiger partial charge in [-0.05, 0) is 24.7 Å². The third-order valence-electron chi connectivity index (χ3n) is 3.61. The van der Waals surface area contributed by atoms with Crippen LogP contribution in [0.15, 0.2) is 11.6 Å². The first-order valence-electron chi connectivity index (χ1n) is 5.12. The van der Waals surface area contributed by atoms with Gasteiger partial charge in [0.2, 0.25) is 0 Å². The van der Waals surface area contributed by atoms with Crippen LogP contribution in [-0.2, 0) is 0 Å². The number of rotatable bonds is 3. The Kier molecular flexibility index (Phi) is 3.62. The van der Waals surface area contributed by atoms with Crippen LogP contribution in [0.2, 0.25) is 0 Å². The summed E-state index contributed by atoms with van der Waals surface area (Å²) in [6.07, 6.45) is 4.35. The van der Waals surface area contributed by atoms with Crippen LogP contribution in [0, 0.1) is 10.8 Å². The monoisotopic (exact) mass is 217 g/mol. The van der Waals surface area contributed by atoms with Gasteiger partial charge in [0.1, 0.15) is 0 Å². The third kappa shape index (κ3) is 1.97. The van der Waals surface area contributed by atoms with Gasteiger partial charge in [-0.3, -0.25) is 0 Å². The summed E-state index contributed by atoms with van der Waals surface area (Å²) in [5, 5.41) is 10.2. The maximum atomic E-state index is 10.2. The van der Waals surface area contributed by atoms with E-state index in [4.69, 9.17) is 17.3 Å². The molecule has 0 saturated heterocycles. The average Bonchev–Trinajstić information content (AvgIpc) is 2.39. The van der Waals surface area contributed by atoms with Crippen molar-refractivity contribution in [2.24, 2.45) is 16.6 Å². The number of hydrogen-bond acceptors (Lipinski definition) is 2. The van der Waals surface area contributed by atoms with E-state index >= 15 is 0 Å². The Hall–Kier alpha value is -0.0500. The molecule has 14 heavy (non-hydrogen) atoms. The summed E-state index contributed by atoms with van der Waals surface area (Å²) in [6.45, 7) is 4.72. The van der Waals surface area contributed by atoms with Crippen LogP contribution in [0.3, 0.4) is 0 Å². The Bertz CT molecular complexity index is 227. The number of hydrogen-bond donors (Lipinski definition) is 2. The Morgan fingerprint density at radius 2 is 2.14 bits per heavy atom. The van der Waals surface area contributed by atoms with Crippen LogP contribution >= 0.6 is 11.6 Å². The lowest BCUT2D eigenvalue weighted by atomic mass is 9.76. The van der Waals surface area contributed by atoms with E-state index in [9.17, 15) is 5.11 Å². The van der Waals surface area contributed by atoms with Crippen LogP contribution in [0.5, 0.6) is 0 Å². The minimum Gasteiger partial charge on any atom is -0.392 e. The molecule has 2 atom stereocenters. The fourth-order valence-corrected chi connectivity index (χ4v) is 2.55. The Morgan fingerprint density at radius 3 is 2.50 bits per heavy atom. The molecule has 3 N–H and O–H groups in total. The van der Waals surface area contributed by atoms with Crippen molar-refractivity contribution in [1.82, 2.24) is 0 Å². The molecule has 0 amide bonds. The van der Waals surface area contributed by atoms with Crippen LogP contribution in [0.25, 0.3) is 0 Å². The molecule has 0 aromatic heterocycles. The molecular formula is C11H20ClNO. The first-order valence-corrected chi connectivity index (χ1v) is 5.55. The lowest BCUT2D eigenvalue weighted by Gasteiger charge is -2.35. The lowest BCUT2D eigenvalue weighted by Crippen LogP contribution is -2.42. The van der Waals surface area contributed by atoms with E-state index in [1.165, 1.54) is 5.54 Å². The molecule has 1 aliphatic rings. The number of nitrogens with two attached hydrogens (primary N) is 1. The van der Waals surface area contributed by atoms with Crippen molar-refractivity contribution in [2.45, 2.75) is 39.2 Å². The summed E-state index contributed by atoms with van der Waals surface area (Å²) < 4.78 is 0. The first-order chi connectivity index (χ1) is 6.48. The SMILES string of the molecule is CC1(C)CCC(CN)(C/C=C/Cl)C1O. The van der Waals surface area contributed by atoms with Crippen molar-refractivity contribution < 1.29 is 5.11 Å². The third-order valence-corrected chi connectivity index (χ3v) is 3.79. The number of halogens is 1. The molecule has 1 fully saturated rings. The second-order valence-electron chi connectivity index (χ2n) is 5.02. The van der Waals surface area contributed by atoms with Crippen LogP contribution in [-0.4, -0.2) is 17.8 Å². The highest BCUT2D eigenvalue weighted by Gasteiger charge is 2.50. The van der Waals surface area contributed by atoms with E-state index in [0.717, 1.165) is 19.3 Å². The van der Waals surface area contributed by atoms with E-state index in [-0.39, 0.29) is 16.9 Å². The molecule has 3 heteroatoms. The highest BCUT2D eigenvalue weighted by Crippen LogP contribution is 2.50. The zero-order valence-corrected chi connectivity index (χ0v) is 9.72. The molecule has 82 valence electrons. The molecule has 0 bridgehead atoms. The van der Waals surface area contributed by atoms with E-state index in [1.807, 2.05) is 6.08 Å². The predicted molar refractivity (Wildman–Crippen MR) is 60.1 cm³/mol. The smallest absolute Gasteiger partial charge is 0.0662 e. The lowest BCUT2D eigenvalue weighted by molar-refractivity contribution is -0.00329. The molecule has 0 aromatic rings. The number of aliphatic hydroxyl groups is 1. The average molecular weight is 218 g/mol. The summed E-state index contributed by atoms with van der Waals surface area (Å²) in [7, 11) is 0. The summed E-state index contributed by atoms with van der Waals surface area (Å²) in [5.41, 5.74) is 7.12. The Balaban J connectivity index is 2.81. The molecule has 2 nitrogen and oxygen atoms in total. The van der Waals surface area contributed by atoms with Crippen molar-refractivity contribution in [3.63, 3.8) is 0 Å². The van der Waals surface area contributed by atoms with Gasteiger partial charge < -0.3 is 10.8 Å². The second-order valence-corrected chi connectivity index (χ2v) is 5.28. The number of allylic oxidation sites excluding steroid dienone is 1. The van der Waals surface area contributed by atoms with Gasteiger partial charge in [0.25, 0.3) is 0 Å². The van der Waals surface area contributed by atoms with Crippen LogP contribution < -0.4 is 5.73 Å². The van der Waals surface area contributed by atoms with Crippen molar-refractivity contribution in [3.8, 4) is 0 Å². The topological polar surface area (TPSA) is 46.2 Å². The fourth-order valence-electron chi connectivity index (χ4n) is 2.46. The van der Waals surface area contributed by atoms with Crippen LogP contribution in [0.1, 0.15) is 33.1 Å². The van der Waals surface area contributed by atoms with Gasteiger partial charge in [0.15, 0.2) is 0 Å². The molecule has 1 saturated carbocycles. The molecule has 2 unspecified atom stereocenters. The predicted octanol–water partition coefficient (Wildman–Crippen LogP) is 2.26. The van der Waals surface area contributed by atoms with Gasteiger partial charge in [-0.2, -0.15) is 0 Å². The van der Waals surface area contributed by atoms with Gasteiger partial charge in [-0.25, -0.2) is 0 Å².